The molecule has 3 heterocycles. The van der Waals surface area contributed by atoms with E-state index in [0.29, 0.717) is 5.82 Å². The Kier molecular flexibility index (Phi) is 4.86. The van der Waals surface area contributed by atoms with Crippen LogP contribution in [-0.2, 0) is 21.4 Å². The Morgan fingerprint density at radius 2 is 2.11 bits per heavy atom. The maximum atomic E-state index is 12.5. The fourth-order valence-corrected chi connectivity index (χ4v) is 6.40. The van der Waals surface area contributed by atoms with Gasteiger partial charge in [0, 0.05) is 10.9 Å². The summed E-state index contributed by atoms with van der Waals surface area (Å²) in [4.78, 5) is 22.9. The van der Waals surface area contributed by atoms with Gasteiger partial charge in [0.25, 0.3) is 0 Å². The molecular formula is C17H18N4O4S3. The molecule has 0 saturated heterocycles. The predicted octanol–water partition coefficient (Wildman–Crippen LogP) is 2.75. The largest absolute Gasteiger partial charge is 0.453 e. The van der Waals surface area contributed by atoms with E-state index in [9.17, 15) is 13.2 Å². The summed E-state index contributed by atoms with van der Waals surface area (Å²) < 4.78 is 32.7. The third-order valence-electron chi connectivity index (χ3n) is 4.44. The van der Waals surface area contributed by atoms with E-state index in [1.807, 2.05) is 13.8 Å². The molecule has 1 fully saturated rings. The van der Waals surface area contributed by atoms with Gasteiger partial charge in [0.2, 0.25) is 10.0 Å². The maximum Gasteiger partial charge on any atom is 0.350 e. The topological polar surface area (TPSA) is 124 Å². The van der Waals surface area contributed by atoms with Gasteiger partial charge in [-0.2, -0.15) is 0 Å². The van der Waals surface area contributed by atoms with Crippen LogP contribution in [0.15, 0.2) is 16.3 Å². The summed E-state index contributed by atoms with van der Waals surface area (Å²) in [6.07, 6.45) is 1.62. The minimum Gasteiger partial charge on any atom is -0.453 e. The molecule has 1 aliphatic rings. The summed E-state index contributed by atoms with van der Waals surface area (Å²) in [5.74, 6) is -0.116. The second kappa shape index (κ2) is 7.07. The number of anilines is 1. The number of nitrogens with two attached hydrogens (primary N) is 1. The van der Waals surface area contributed by atoms with Gasteiger partial charge in [0.05, 0.1) is 5.39 Å². The highest BCUT2D eigenvalue weighted by molar-refractivity contribution is 7.89. The van der Waals surface area contributed by atoms with Gasteiger partial charge in [-0.25, -0.2) is 27.9 Å². The van der Waals surface area contributed by atoms with E-state index in [1.54, 1.807) is 5.38 Å². The number of hydrogen-bond donors (Lipinski definition) is 2. The second-order valence-electron chi connectivity index (χ2n) is 6.57. The zero-order chi connectivity index (χ0) is 20.1. The van der Waals surface area contributed by atoms with Crippen LogP contribution in [0.5, 0.6) is 0 Å². The maximum absolute atomic E-state index is 12.5. The molecule has 0 bridgehead atoms. The minimum atomic E-state index is -3.74. The third-order valence-corrected chi connectivity index (χ3v) is 8.13. The molecule has 3 aromatic heterocycles. The van der Waals surface area contributed by atoms with E-state index in [4.69, 9.17) is 10.5 Å². The van der Waals surface area contributed by atoms with Crippen LogP contribution in [0.3, 0.4) is 0 Å². The van der Waals surface area contributed by atoms with Gasteiger partial charge in [0.1, 0.15) is 20.4 Å². The number of sulfonamides is 1. The molecular weight excluding hydrogens is 420 g/mol. The Balaban J connectivity index is 1.53. The number of rotatable bonds is 6. The van der Waals surface area contributed by atoms with Gasteiger partial charge in [0.15, 0.2) is 12.4 Å². The lowest BCUT2D eigenvalue weighted by molar-refractivity contribution is 0.0464. The van der Waals surface area contributed by atoms with Crippen molar-refractivity contribution in [3.05, 3.63) is 32.6 Å². The van der Waals surface area contributed by atoms with Crippen molar-refractivity contribution < 1.29 is 17.9 Å². The van der Waals surface area contributed by atoms with E-state index in [-0.39, 0.29) is 28.2 Å². The Morgan fingerprint density at radius 3 is 2.82 bits per heavy atom. The molecule has 0 unspecified atom stereocenters. The van der Waals surface area contributed by atoms with Gasteiger partial charge in [-0.3, -0.25) is 0 Å². The van der Waals surface area contributed by atoms with Crippen molar-refractivity contribution in [3.63, 3.8) is 0 Å². The zero-order valence-electron chi connectivity index (χ0n) is 15.2. The number of hydrogen-bond acceptors (Lipinski definition) is 9. The van der Waals surface area contributed by atoms with Gasteiger partial charge >= 0.3 is 5.97 Å². The van der Waals surface area contributed by atoms with Gasteiger partial charge < -0.3 is 10.5 Å². The number of aromatic nitrogens is 2. The molecule has 0 spiro atoms. The molecule has 4 rings (SSSR count). The first-order valence-corrected chi connectivity index (χ1v) is 11.7. The SMILES string of the molecule is Cc1sc2nc(COC(=O)c3sccc3S(=O)(=O)NC3CC3)nc(N)c2c1C. The van der Waals surface area contributed by atoms with Crippen molar-refractivity contribution in [2.45, 2.75) is 44.2 Å². The number of nitrogens with one attached hydrogen (secondary N) is 1. The van der Waals surface area contributed by atoms with Crippen molar-refractivity contribution >= 4 is 54.7 Å². The fraction of sp³-hybridized carbons (Fsp3) is 0.353. The minimum absolute atomic E-state index is 0.0324. The fourth-order valence-electron chi connectivity index (χ4n) is 2.73. The van der Waals surface area contributed by atoms with E-state index in [0.717, 1.165) is 44.8 Å². The first kappa shape index (κ1) is 19.2. The van der Waals surface area contributed by atoms with Crippen LogP contribution in [0.25, 0.3) is 10.2 Å². The van der Waals surface area contributed by atoms with Crippen LogP contribution >= 0.6 is 22.7 Å². The summed E-state index contributed by atoms with van der Waals surface area (Å²) in [5, 5.41) is 2.37. The average Bonchev–Trinajstić information content (AvgIpc) is 3.17. The van der Waals surface area contributed by atoms with E-state index >= 15 is 0 Å². The predicted molar refractivity (Wildman–Crippen MR) is 108 cm³/mol. The number of esters is 1. The molecule has 1 aliphatic carbocycles. The van der Waals surface area contributed by atoms with Crippen molar-refractivity contribution in [2.75, 3.05) is 5.73 Å². The van der Waals surface area contributed by atoms with Crippen molar-refractivity contribution in [1.29, 1.82) is 0 Å². The number of fused-ring (bicyclic) bond motifs is 1. The highest BCUT2D eigenvalue weighted by atomic mass is 32.2. The summed E-state index contributed by atoms with van der Waals surface area (Å²) in [5.41, 5.74) is 7.07. The van der Waals surface area contributed by atoms with Gasteiger partial charge in [-0.05, 0) is 43.7 Å². The Labute approximate surface area is 169 Å². The standard InChI is InChI=1S/C17H18N4O4S3/c1-8-9(2)27-16-13(8)15(18)19-12(20-16)7-25-17(22)14-11(5-6-26-14)28(23,24)21-10-3-4-10/h5-6,10,21H,3-4,7H2,1-2H3,(H2,18,19,20). The second-order valence-corrected chi connectivity index (χ2v) is 10.4. The van der Waals surface area contributed by atoms with Crippen molar-refractivity contribution in [3.8, 4) is 0 Å². The molecule has 3 aromatic rings. The molecule has 0 amide bonds. The van der Waals surface area contributed by atoms with Crippen molar-refractivity contribution in [1.82, 2.24) is 14.7 Å². The zero-order valence-corrected chi connectivity index (χ0v) is 17.6. The van der Waals surface area contributed by atoms with Crippen LogP contribution in [0, 0.1) is 13.8 Å². The Bertz CT molecular complexity index is 1180. The normalized spacial score (nSPS) is 14.5. The number of carbonyl (C=O) groups is 1. The average molecular weight is 439 g/mol. The summed E-state index contributed by atoms with van der Waals surface area (Å²) in [6, 6.07) is 1.36. The molecule has 3 N–H and O–H groups in total. The number of nitrogens with zero attached hydrogens (tertiary/aromatic N) is 2. The van der Waals surface area contributed by atoms with Crippen molar-refractivity contribution in [2.24, 2.45) is 0 Å². The summed E-state index contributed by atoms with van der Waals surface area (Å²) >= 11 is 2.52. The first-order valence-electron chi connectivity index (χ1n) is 8.55. The van der Waals surface area contributed by atoms with Gasteiger partial charge in [-0.1, -0.05) is 0 Å². The van der Waals surface area contributed by atoms with Crippen LogP contribution in [0.4, 0.5) is 5.82 Å². The highest BCUT2D eigenvalue weighted by Crippen LogP contribution is 2.32. The highest BCUT2D eigenvalue weighted by Gasteiger charge is 2.31. The van der Waals surface area contributed by atoms with Crippen LogP contribution in [0.1, 0.15) is 38.8 Å². The Morgan fingerprint density at radius 1 is 1.36 bits per heavy atom. The Hall–Kier alpha value is -2.08. The number of thiophene rings is 2. The molecule has 0 aliphatic heterocycles. The molecule has 0 atom stereocenters. The quantitative estimate of drug-likeness (QED) is 0.567. The molecule has 1 saturated carbocycles. The van der Waals surface area contributed by atoms with E-state index < -0.39 is 16.0 Å². The molecule has 0 radical (unpaired) electrons. The lowest BCUT2D eigenvalue weighted by atomic mass is 10.2. The summed E-state index contributed by atoms with van der Waals surface area (Å²) in [7, 11) is -3.74. The molecule has 11 heteroatoms. The first-order chi connectivity index (χ1) is 13.3. The number of carbonyl (C=O) groups excluding carboxylic acids is 1. The van der Waals surface area contributed by atoms with Crippen LogP contribution in [-0.4, -0.2) is 30.4 Å². The monoisotopic (exact) mass is 438 g/mol. The van der Waals surface area contributed by atoms with E-state index in [1.165, 1.54) is 17.4 Å². The smallest absolute Gasteiger partial charge is 0.350 e. The number of ether oxygens (including phenoxy) is 1. The molecule has 148 valence electrons. The number of aryl methyl sites for hydroxylation is 2. The number of nitrogen functional groups attached to an aromatic ring is 1. The third kappa shape index (κ3) is 3.62. The van der Waals surface area contributed by atoms with Crippen LogP contribution < -0.4 is 10.5 Å². The molecule has 8 nitrogen and oxygen atoms in total. The lowest BCUT2D eigenvalue weighted by Crippen LogP contribution is -2.26. The van der Waals surface area contributed by atoms with Crippen LogP contribution in [0.2, 0.25) is 0 Å². The molecule has 28 heavy (non-hydrogen) atoms. The van der Waals surface area contributed by atoms with E-state index in [2.05, 4.69) is 14.7 Å². The lowest BCUT2D eigenvalue weighted by Gasteiger charge is -2.07. The summed E-state index contributed by atoms with van der Waals surface area (Å²) in [6.45, 7) is 3.75. The molecule has 0 aromatic carbocycles. The van der Waals surface area contributed by atoms with Gasteiger partial charge in [-0.15, -0.1) is 22.7 Å².